The summed E-state index contributed by atoms with van der Waals surface area (Å²) in [5, 5.41) is 0. The van der Waals surface area contributed by atoms with Crippen molar-refractivity contribution in [1.82, 2.24) is 14.1 Å². The molecule has 134 valence electrons. The lowest BCUT2D eigenvalue weighted by atomic mass is 10.2. The second-order valence-electron chi connectivity index (χ2n) is 6.15. The topological polar surface area (TPSA) is 60.9 Å². The maximum absolute atomic E-state index is 12.4. The number of piperazine rings is 1. The fraction of sp³-hybridized carbons (Fsp3) is 0.588. The summed E-state index contributed by atoms with van der Waals surface area (Å²) in [4.78, 5) is 16.5. The maximum Gasteiger partial charge on any atom is 0.223 e. The molecule has 0 atom stereocenters. The lowest BCUT2D eigenvalue weighted by Crippen LogP contribution is -2.49. The van der Waals surface area contributed by atoms with Crippen molar-refractivity contribution in [2.75, 3.05) is 45.5 Å². The third-order valence-corrected chi connectivity index (χ3v) is 5.67. The van der Waals surface area contributed by atoms with E-state index in [0.29, 0.717) is 6.54 Å². The zero-order valence-electron chi connectivity index (χ0n) is 14.5. The lowest BCUT2D eigenvalue weighted by molar-refractivity contribution is -0.133. The van der Waals surface area contributed by atoms with Crippen molar-refractivity contribution in [2.45, 2.75) is 19.9 Å². The summed E-state index contributed by atoms with van der Waals surface area (Å²) in [6.07, 6.45) is 1.42. The van der Waals surface area contributed by atoms with Crippen molar-refractivity contribution >= 4 is 15.9 Å². The maximum atomic E-state index is 12.4. The Labute approximate surface area is 145 Å². The summed E-state index contributed by atoms with van der Waals surface area (Å²) in [5.74, 6) is 0.0347. The van der Waals surface area contributed by atoms with Crippen LogP contribution in [0.1, 0.15) is 18.9 Å². The van der Waals surface area contributed by atoms with E-state index in [0.717, 1.165) is 38.3 Å². The van der Waals surface area contributed by atoms with Gasteiger partial charge in [0.25, 0.3) is 0 Å². The minimum atomic E-state index is -3.35. The van der Waals surface area contributed by atoms with Gasteiger partial charge >= 0.3 is 0 Å². The molecule has 24 heavy (non-hydrogen) atoms. The van der Waals surface area contributed by atoms with Gasteiger partial charge in [-0.2, -0.15) is 4.31 Å². The van der Waals surface area contributed by atoms with Crippen molar-refractivity contribution in [1.29, 1.82) is 0 Å². The van der Waals surface area contributed by atoms with Gasteiger partial charge in [-0.25, -0.2) is 8.42 Å². The predicted octanol–water partition coefficient (Wildman–Crippen LogP) is 1.00. The van der Waals surface area contributed by atoms with Crippen molar-refractivity contribution in [3.63, 3.8) is 0 Å². The number of hydrogen-bond acceptors (Lipinski definition) is 4. The zero-order valence-corrected chi connectivity index (χ0v) is 15.3. The predicted molar refractivity (Wildman–Crippen MR) is 95.0 cm³/mol. The van der Waals surface area contributed by atoms with Crippen LogP contribution in [0.2, 0.25) is 0 Å². The molecule has 0 spiro atoms. The molecule has 1 aliphatic rings. The normalized spacial score (nSPS) is 16.5. The molecule has 0 radical (unpaired) electrons. The van der Waals surface area contributed by atoms with Crippen LogP contribution >= 0.6 is 0 Å². The van der Waals surface area contributed by atoms with Gasteiger partial charge in [0.05, 0.1) is 6.26 Å². The van der Waals surface area contributed by atoms with Crippen LogP contribution in [-0.4, -0.2) is 74.0 Å². The van der Waals surface area contributed by atoms with Crippen molar-refractivity contribution in [3.8, 4) is 0 Å². The summed E-state index contributed by atoms with van der Waals surface area (Å²) >= 11 is 0. The Kier molecular flexibility index (Phi) is 6.77. The first-order chi connectivity index (χ1) is 11.4. The standard InChI is InChI=1S/C17H27N3O3S/c1-3-18-11-13-19(14-12-18)17(21)9-10-20(24(2,22)23)15-16-7-5-4-6-8-16/h4-8H,3,9-15H2,1-2H3. The number of likely N-dealkylation sites (N-methyl/N-ethyl adjacent to an activating group) is 1. The number of rotatable bonds is 7. The Bertz CT molecular complexity index is 626. The average Bonchev–Trinajstić information content (AvgIpc) is 2.58. The van der Waals surface area contributed by atoms with E-state index in [1.54, 1.807) is 0 Å². The van der Waals surface area contributed by atoms with Crippen LogP contribution in [0.25, 0.3) is 0 Å². The molecule has 1 aromatic carbocycles. The Balaban J connectivity index is 1.90. The van der Waals surface area contributed by atoms with Gasteiger partial charge in [0.1, 0.15) is 0 Å². The molecular formula is C17H27N3O3S. The van der Waals surface area contributed by atoms with Crippen LogP contribution in [0.3, 0.4) is 0 Å². The highest BCUT2D eigenvalue weighted by Crippen LogP contribution is 2.10. The molecule has 2 rings (SSSR count). The second kappa shape index (κ2) is 8.60. The van der Waals surface area contributed by atoms with Crippen LogP contribution in [0, 0.1) is 0 Å². The molecule has 0 aromatic heterocycles. The number of amides is 1. The quantitative estimate of drug-likeness (QED) is 0.734. The highest BCUT2D eigenvalue weighted by atomic mass is 32.2. The van der Waals surface area contributed by atoms with Gasteiger partial charge < -0.3 is 9.80 Å². The van der Waals surface area contributed by atoms with E-state index in [4.69, 9.17) is 0 Å². The first kappa shape index (κ1) is 18.9. The van der Waals surface area contributed by atoms with E-state index < -0.39 is 10.0 Å². The number of hydrogen-bond donors (Lipinski definition) is 0. The van der Waals surface area contributed by atoms with E-state index in [9.17, 15) is 13.2 Å². The molecule has 0 N–H and O–H groups in total. The lowest BCUT2D eigenvalue weighted by Gasteiger charge is -2.34. The molecule has 0 saturated carbocycles. The van der Waals surface area contributed by atoms with Crippen LogP contribution in [-0.2, 0) is 21.4 Å². The summed E-state index contributed by atoms with van der Waals surface area (Å²) in [6.45, 7) is 6.88. The summed E-state index contributed by atoms with van der Waals surface area (Å²) in [5.41, 5.74) is 0.923. The second-order valence-corrected chi connectivity index (χ2v) is 8.13. The van der Waals surface area contributed by atoms with E-state index in [-0.39, 0.29) is 18.9 Å². The Morgan fingerprint density at radius 2 is 1.75 bits per heavy atom. The van der Waals surface area contributed by atoms with E-state index >= 15 is 0 Å². The third-order valence-electron chi connectivity index (χ3n) is 4.42. The van der Waals surface area contributed by atoms with Gasteiger partial charge in [-0.15, -0.1) is 0 Å². The first-order valence-electron chi connectivity index (χ1n) is 8.39. The highest BCUT2D eigenvalue weighted by Gasteiger charge is 2.23. The minimum absolute atomic E-state index is 0.0347. The van der Waals surface area contributed by atoms with Crippen molar-refractivity contribution in [2.24, 2.45) is 0 Å². The molecule has 1 amide bonds. The largest absolute Gasteiger partial charge is 0.340 e. The molecule has 7 heteroatoms. The fourth-order valence-corrected chi connectivity index (χ4v) is 3.65. The van der Waals surface area contributed by atoms with Crippen LogP contribution in [0.4, 0.5) is 0 Å². The van der Waals surface area contributed by atoms with Gasteiger partial charge in [0.2, 0.25) is 15.9 Å². The monoisotopic (exact) mass is 353 g/mol. The van der Waals surface area contributed by atoms with E-state index in [1.807, 2.05) is 35.2 Å². The Hall–Kier alpha value is -1.44. The van der Waals surface area contributed by atoms with Crippen molar-refractivity contribution in [3.05, 3.63) is 35.9 Å². The number of carbonyl (C=O) groups is 1. The molecule has 0 bridgehead atoms. The highest BCUT2D eigenvalue weighted by molar-refractivity contribution is 7.88. The molecule has 1 aromatic rings. The number of sulfonamides is 1. The summed E-state index contributed by atoms with van der Waals surface area (Å²) in [6, 6.07) is 9.45. The van der Waals surface area contributed by atoms with E-state index in [2.05, 4.69) is 11.8 Å². The molecule has 0 aliphatic carbocycles. The zero-order chi connectivity index (χ0) is 17.6. The Morgan fingerprint density at radius 3 is 2.29 bits per heavy atom. The smallest absolute Gasteiger partial charge is 0.223 e. The van der Waals surface area contributed by atoms with Gasteiger partial charge in [-0.05, 0) is 12.1 Å². The van der Waals surface area contributed by atoms with Gasteiger partial charge in [0, 0.05) is 45.7 Å². The number of nitrogens with zero attached hydrogens (tertiary/aromatic N) is 3. The summed E-state index contributed by atoms with van der Waals surface area (Å²) < 4.78 is 25.4. The average molecular weight is 353 g/mol. The van der Waals surface area contributed by atoms with Gasteiger partial charge in [-0.3, -0.25) is 4.79 Å². The van der Waals surface area contributed by atoms with Gasteiger partial charge in [0.15, 0.2) is 0 Å². The van der Waals surface area contributed by atoms with Crippen molar-refractivity contribution < 1.29 is 13.2 Å². The third kappa shape index (κ3) is 5.58. The number of benzene rings is 1. The minimum Gasteiger partial charge on any atom is -0.340 e. The number of carbonyl (C=O) groups excluding carboxylic acids is 1. The fourth-order valence-electron chi connectivity index (χ4n) is 2.84. The van der Waals surface area contributed by atoms with Crippen LogP contribution < -0.4 is 0 Å². The SMILES string of the molecule is CCN1CCN(C(=O)CCN(Cc2ccccc2)S(C)(=O)=O)CC1. The molecule has 0 unspecified atom stereocenters. The molecule has 1 aliphatic heterocycles. The first-order valence-corrected chi connectivity index (χ1v) is 10.2. The molecule has 6 nitrogen and oxygen atoms in total. The van der Waals surface area contributed by atoms with Crippen LogP contribution in [0.15, 0.2) is 30.3 Å². The van der Waals surface area contributed by atoms with Gasteiger partial charge in [-0.1, -0.05) is 37.3 Å². The Morgan fingerprint density at radius 1 is 1.12 bits per heavy atom. The molecule has 1 heterocycles. The molecular weight excluding hydrogens is 326 g/mol. The molecule has 1 fully saturated rings. The van der Waals surface area contributed by atoms with E-state index in [1.165, 1.54) is 10.6 Å². The summed E-state index contributed by atoms with van der Waals surface area (Å²) in [7, 11) is -3.35. The molecule has 1 saturated heterocycles. The van der Waals surface area contributed by atoms with Crippen LogP contribution in [0.5, 0.6) is 0 Å².